The number of aromatic amines is 3. The highest BCUT2D eigenvalue weighted by molar-refractivity contribution is 14.1. The van der Waals surface area contributed by atoms with Crippen molar-refractivity contribution in [1.29, 1.82) is 0 Å². The zero-order valence-electron chi connectivity index (χ0n) is 90.8. The molecule has 38 heteroatoms. The first-order valence-corrected chi connectivity index (χ1v) is 50.5. The predicted octanol–water partition coefficient (Wildman–Crippen LogP) is 17.0. The first-order chi connectivity index (χ1) is 71.6. The van der Waals surface area contributed by atoms with Crippen LogP contribution in [-0.4, -0.2) is 173 Å². The van der Waals surface area contributed by atoms with Gasteiger partial charge in [-0.2, -0.15) is 0 Å². The number of benzene rings is 9. The van der Waals surface area contributed by atoms with Gasteiger partial charge in [-0.3, -0.25) is 51.8 Å². The summed E-state index contributed by atoms with van der Waals surface area (Å²) in [6, 6.07) is 54.2. The van der Waals surface area contributed by atoms with Crippen LogP contribution < -0.4 is 77.9 Å². The molecule has 1 amide bonds. The number of nitrogens with one attached hydrogen (secondary N) is 5. The summed E-state index contributed by atoms with van der Waals surface area (Å²) in [4.78, 5) is 172. The number of amides is 1. The first kappa shape index (κ1) is 122. The number of aryl methyl sites for hydroxylation is 6. The molecule has 0 spiro atoms. The van der Waals surface area contributed by atoms with Gasteiger partial charge >= 0.3 is 52.3 Å². The Kier molecular flexibility index (Phi) is 49.7. The summed E-state index contributed by atoms with van der Waals surface area (Å²) in [7, 11) is 1.71. The Morgan fingerprint density at radius 1 is 0.500 bits per heavy atom. The molecule has 150 heavy (non-hydrogen) atoms. The zero-order chi connectivity index (χ0) is 114. The van der Waals surface area contributed by atoms with E-state index in [1.807, 2.05) is 213 Å². The maximum atomic E-state index is 13.3. The van der Waals surface area contributed by atoms with E-state index in [4.69, 9.17) is 44.4 Å². The monoisotopic (exact) mass is 2240 g/mol. The minimum absolute atomic E-state index is 0. The van der Waals surface area contributed by atoms with Gasteiger partial charge in [-0.1, -0.05) is 148 Å². The van der Waals surface area contributed by atoms with Crippen LogP contribution in [0.5, 0.6) is 0 Å². The molecule has 0 bridgehead atoms. The summed E-state index contributed by atoms with van der Waals surface area (Å²) in [6.45, 7) is 42.3. The number of fused-ring (bicyclic) bond motifs is 4. The second-order valence-corrected chi connectivity index (χ2v) is 39.0. The van der Waals surface area contributed by atoms with E-state index in [0.717, 1.165) is 108 Å². The number of rotatable bonds is 11. The maximum Gasteiger partial charge on any atom is 0.419 e. The van der Waals surface area contributed by atoms with E-state index in [1.54, 1.807) is 121 Å². The van der Waals surface area contributed by atoms with Gasteiger partial charge in [-0.15, -0.1) is 0 Å². The number of para-hydroxylation sites is 6. The highest BCUT2D eigenvalue weighted by Crippen LogP contribution is 2.24. The second-order valence-electron chi connectivity index (χ2n) is 38.4. The predicted molar refractivity (Wildman–Crippen MR) is 605 cm³/mol. The van der Waals surface area contributed by atoms with Crippen LogP contribution in [-0.2, 0) is 48.4 Å². The molecule has 806 valence electrons. The topological polar surface area (TPSA) is 511 Å². The molecule has 0 atom stereocenters. The number of hydrogen-bond donors (Lipinski definition) is 10. The second kappa shape index (κ2) is 60.9. The van der Waals surface area contributed by atoms with Crippen molar-refractivity contribution in [3.05, 3.63) is 362 Å². The van der Waals surface area contributed by atoms with Crippen LogP contribution in [0.2, 0.25) is 0 Å². The van der Waals surface area contributed by atoms with E-state index in [-0.39, 0.29) is 69.7 Å². The van der Waals surface area contributed by atoms with Crippen molar-refractivity contribution >= 4 is 129 Å². The minimum atomic E-state index is -1.03. The van der Waals surface area contributed by atoms with Gasteiger partial charge in [0.15, 0.2) is 0 Å². The lowest BCUT2D eigenvalue weighted by molar-refractivity contribution is 0.0591. The molecule has 0 radical (unpaired) electrons. The lowest BCUT2D eigenvalue weighted by Crippen LogP contribution is -2.48. The normalized spacial score (nSPS) is 12.4. The number of carbonyl (C=O) groups excluding carboxylic acids is 3. The van der Waals surface area contributed by atoms with Crippen LogP contribution in [0.3, 0.4) is 0 Å². The molecule has 8 heterocycles. The van der Waals surface area contributed by atoms with Gasteiger partial charge in [0.2, 0.25) is 5.95 Å². The van der Waals surface area contributed by atoms with E-state index < -0.39 is 58.8 Å². The van der Waals surface area contributed by atoms with Crippen molar-refractivity contribution < 1.29 is 64.7 Å². The average molecular weight is 2250 g/mol. The van der Waals surface area contributed by atoms with Gasteiger partial charge in [0.25, 0.3) is 22.6 Å². The van der Waals surface area contributed by atoms with Crippen LogP contribution in [0.25, 0.3) is 43.6 Å². The number of alkyl halides is 3. The number of esters is 2. The van der Waals surface area contributed by atoms with E-state index in [1.165, 1.54) is 71.8 Å². The van der Waals surface area contributed by atoms with Crippen molar-refractivity contribution in [2.24, 2.45) is 5.73 Å². The standard InChI is InChI=1S/C22H24N2O4.C17H14N2O4.C13H16N2O2.C12H18N2O.C9H9BrO2.C9H7NO3.C8H12N4.C8H9NO2.C4H11N.2C4H8O.CH3F.CH3I/c1-14-8-6-11-17-18(14)23(21(27)24(19(17)25)22(2,3)4)13-15-9-7-10-16(12-15)20(26)28-5;1-10-4-2-7-13-14(10)19(17(23)18-15(13)20)9-11-5-3-6-12(8-11)16(21)22;1-8-6-5-7-9-10(8)14-12(17)15(11(9)16)13(2,3)4;1-8-6-5-7-9(10(8)13)11(15)14-12(2,3)4;1-12-9(11)8-4-2-3-7(5-8)6-10;1-5-3-2-4-6-7(5)10-9(12)13-8(6)11;1-2-10-8(11-3-1)12-6-4-9-5-7-12;1-5-3-2-4-6(7(5)9)8(10)11;1-4(2,3)5;2*1-2-4-5-3-1;2*1-2/h6-12H,13H2,1-5H3;2-8H,9H2,1H3,(H,21,22)(H,18,20,23);5-7H,1-4H3,(H,14,17);5-7H,13H2,1-4H3,(H,14,15);2-5H,6H2,1H3;2-4H,1H3,(H,10,12);1-3,9H,4-7H2;2-4H,9H2,1H3,(H,10,11);5H2,1-3H3;2*1-4H2;2*1H3/i;;;;;;;;;;;2*1D. The number of ether oxygens (including phenoxy) is 4. The minimum Gasteiger partial charge on any atom is -0.478 e. The Bertz CT molecular complexity index is 7410. The van der Waals surface area contributed by atoms with E-state index >= 15 is 0 Å². The SMILES string of the molecule is C1CCOC1.C1CCOC1.CC(C)(C)N.COC(=O)c1cccc(CBr)c1.COC(=O)c1cccc(Cn2c(=O)n(C(C)(C)C)c(=O)c3cccc(C)c32)c1.Cc1cccc(C(=O)NC(C)(C)C)c1N.Cc1cccc(C(=O)O)c1N.Cc1cccc2c(=O)[nH]c(=O)n(Cc3cccc(C(=O)O)c3)c12.Cc1cccc2c(=O)n(C(C)(C)C)c(=O)[nH]c12.Cc1cccc2c(=O)oc(=O)[nH]c12.[2H]CF.[2H]CI.c1cnc(N2CCNCC2)nc1. The van der Waals surface area contributed by atoms with E-state index in [9.17, 15) is 66.7 Å². The third-order valence-electron chi connectivity index (χ3n) is 21.9. The molecular weight excluding hydrogens is 2100 g/mol. The number of nitrogens with two attached hydrogens (primary N) is 3. The number of anilines is 3. The van der Waals surface area contributed by atoms with E-state index in [2.05, 4.69) is 65.5 Å². The van der Waals surface area contributed by atoms with Crippen molar-refractivity contribution in [3.8, 4) is 0 Å². The number of piperazine rings is 1. The van der Waals surface area contributed by atoms with Gasteiger partial charge in [0, 0.05) is 105 Å². The third kappa shape index (κ3) is 39.2. The van der Waals surface area contributed by atoms with Gasteiger partial charge < -0.3 is 71.3 Å². The Balaban J connectivity index is 0.000000301. The number of nitrogens with zero attached hydrogens (tertiary/aromatic N) is 7. The summed E-state index contributed by atoms with van der Waals surface area (Å²) >= 11 is 5.27. The van der Waals surface area contributed by atoms with Crippen molar-refractivity contribution in [2.75, 3.05) is 95.3 Å². The molecule has 35 nitrogen and oxygen atoms in total. The fraction of sp³-hybridized carbons (Fsp3) is 0.366. The smallest absolute Gasteiger partial charge is 0.419 e. The third-order valence-corrected chi connectivity index (χ3v) is 22.5. The Morgan fingerprint density at radius 2 is 0.893 bits per heavy atom. The Morgan fingerprint density at radius 3 is 1.34 bits per heavy atom. The summed E-state index contributed by atoms with van der Waals surface area (Å²) < 4.78 is 50.9. The number of nitrogen functional groups attached to an aromatic ring is 2. The number of H-pyrrole nitrogens is 3. The van der Waals surface area contributed by atoms with Crippen LogP contribution in [0.1, 0.15) is 213 Å². The van der Waals surface area contributed by atoms with Crippen LogP contribution in [0, 0.1) is 41.5 Å². The molecule has 0 saturated carbocycles. The Labute approximate surface area is 895 Å². The molecule has 3 fully saturated rings. The fourth-order valence-electron chi connectivity index (χ4n) is 14.8. The van der Waals surface area contributed by atoms with Gasteiger partial charge in [-0.05, 0) is 284 Å². The molecule has 3 saturated heterocycles. The van der Waals surface area contributed by atoms with Gasteiger partial charge in [-0.25, -0.2) is 53.1 Å². The zero-order valence-corrected chi connectivity index (χ0v) is 92.6. The molecule has 14 aromatic rings. The van der Waals surface area contributed by atoms with Crippen LogP contribution in [0.4, 0.5) is 21.7 Å². The number of methoxy groups -OCH3 is 2. The van der Waals surface area contributed by atoms with Crippen molar-refractivity contribution in [1.82, 2.24) is 53.8 Å². The number of carboxylic acids is 2. The summed E-state index contributed by atoms with van der Waals surface area (Å²) in [5.41, 5.74) is 25.2. The number of carboxylic acid groups (broad SMARTS) is 2. The number of aromatic carboxylic acids is 2. The molecule has 3 aliphatic heterocycles. The average Bonchev–Trinajstić information content (AvgIpc) is 0.824. The van der Waals surface area contributed by atoms with Crippen LogP contribution >= 0.6 is 38.5 Å². The highest BCUT2D eigenvalue weighted by atomic mass is 127. The molecule has 9 aromatic carbocycles. The van der Waals surface area contributed by atoms with Crippen LogP contribution in [0.15, 0.2) is 243 Å². The quantitative estimate of drug-likeness (QED) is 0.0249. The fourth-order valence-corrected chi connectivity index (χ4v) is 15.1. The summed E-state index contributed by atoms with van der Waals surface area (Å²) in [5.74, 6) is -2.73. The molecule has 17 rings (SSSR count). The first-order valence-electron chi connectivity index (χ1n) is 49.3. The molecule has 0 unspecified atom stereocenters. The molecule has 0 aliphatic carbocycles. The number of aromatic nitrogens is 9. The molecule has 3 aliphatic rings. The summed E-state index contributed by atoms with van der Waals surface area (Å²) in [5, 5.41) is 26.5. The van der Waals surface area contributed by atoms with E-state index in [0.29, 0.717) is 82.1 Å². The molecular formula is C112H142BrFIN15O20. The van der Waals surface area contributed by atoms with Gasteiger partial charge in [0.1, 0.15) is 0 Å². The molecule has 5 aromatic heterocycles. The number of hydrogen-bond acceptors (Lipinski definition) is 25. The Hall–Kier alpha value is -14.5. The number of halogens is 3. The highest BCUT2D eigenvalue weighted by Gasteiger charge is 2.26. The lowest BCUT2D eigenvalue weighted by atomic mass is 10.0. The summed E-state index contributed by atoms with van der Waals surface area (Å²) in [6.07, 6.45) is 8.68. The number of carbonyl (C=O) groups is 5. The van der Waals surface area contributed by atoms with Crippen molar-refractivity contribution in [2.45, 2.75) is 191 Å². The maximum absolute atomic E-state index is 13.3. The molecule has 13 N–H and O–H groups in total. The largest absolute Gasteiger partial charge is 0.478 e. The lowest BCUT2D eigenvalue weighted by Gasteiger charge is -2.26. The van der Waals surface area contributed by atoms with Gasteiger partial charge in [0.05, 0.1) is 107 Å². The van der Waals surface area contributed by atoms with Crippen molar-refractivity contribution in [3.63, 3.8) is 0 Å².